The van der Waals surface area contributed by atoms with Crippen LogP contribution in [0.25, 0.3) is 0 Å². The van der Waals surface area contributed by atoms with Crippen molar-refractivity contribution in [2.24, 2.45) is 0 Å². The van der Waals surface area contributed by atoms with Crippen molar-refractivity contribution in [1.82, 2.24) is 10.2 Å². The zero-order valence-corrected chi connectivity index (χ0v) is 12.8. The third-order valence-corrected chi connectivity index (χ3v) is 2.87. The summed E-state index contributed by atoms with van der Waals surface area (Å²) < 4.78 is 5.03. The van der Waals surface area contributed by atoms with Crippen LogP contribution >= 0.6 is 0 Å². The third-order valence-electron chi connectivity index (χ3n) is 2.87. The van der Waals surface area contributed by atoms with Crippen LogP contribution < -0.4 is 10.1 Å². The molecular weight excluding hydrogens is 288 g/mol. The van der Waals surface area contributed by atoms with Gasteiger partial charge in [-0.15, -0.1) is 0 Å². The fraction of sp³-hybridized carbons (Fsp3) is 0.400. The van der Waals surface area contributed by atoms with E-state index in [1.807, 2.05) is 0 Å². The molecule has 2 amide bonds. The highest BCUT2D eigenvalue weighted by atomic mass is 16.5. The largest absolute Gasteiger partial charge is 0.482 e. The van der Waals surface area contributed by atoms with Gasteiger partial charge < -0.3 is 20.1 Å². The second-order valence-electron chi connectivity index (χ2n) is 4.94. The zero-order chi connectivity index (χ0) is 16.7. The van der Waals surface area contributed by atoms with Gasteiger partial charge in [-0.05, 0) is 24.6 Å². The Hall–Kier alpha value is -2.57. The number of hydrogen-bond acceptors (Lipinski definition) is 4. The number of amides is 2. The maximum Gasteiger partial charge on any atom is 0.341 e. The summed E-state index contributed by atoms with van der Waals surface area (Å²) in [5.41, 5.74) is 0.869. The average Bonchev–Trinajstić information content (AvgIpc) is 2.44. The first-order chi connectivity index (χ1) is 10.3. The van der Waals surface area contributed by atoms with E-state index in [2.05, 4.69) is 5.32 Å². The van der Waals surface area contributed by atoms with E-state index in [0.717, 1.165) is 5.56 Å². The maximum absolute atomic E-state index is 12.0. The molecule has 1 unspecified atom stereocenters. The number of nitrogens with one attached hydrogen (secondary N) is 1. The molecule has 0 aromatic heterocycles. The van der Waals surface area contributed by atoms with Gasteiger partial charge in [-0.1, -0.05) is 12.1 Å². The third kappa shape index (κ3) is 5.82. The number of aliphatic carboxylic acids is 1. The molecule has 22 heavy (non-hydrogen) atoms. The van der Waals surface area contributed by atoms with Gasteiger partial charge in [-0.2, -0.15) is 0 Å². The van der Waals surface area contributed by atoms with E-state index in [0.29, 0.717) is 12.3 Å². The monoisotopic (exact) mass is 308 g/mol. The van der Waals surface area contributed by atoms with Crippen molar-refractivity contribution in [3.8, 4) is 5.75 Å². The molecule has 1 aromatic rings. The van der Waals surface area contributed by atoms with Crippen LogP contribution in [0.15, 0.2) is 24.3 Å². The van der Waals surface area contributed by atoms with Crippen LogP contribution in [0.5, 0.6) is 5.75 Å². The molecule has 7 heteroatoms. The lowest BCUT2D eigenvalue weighted by molar-refractivity contribution is -0.139. The molecule has 0 fully saturated rings. The second-order valence-corrected chi connectivity index (χ2v) is 4.94. The first-order valence-corrected chi connectivity index (χ1v) is 6.75. The highest BCUT2D eigenvalue weighted by molar-refractivity contribution is 5.86. The van der Waals surface area contributed by atoms with Gasteiger partial charge in [0.15, 0.2) is 6.61 Å². The van der Waals surface area contributed by atoms with E-state index < -0.39 is 18.6 Å². The molecule has 2 N–H and O–H groups in total. The quantitative estimate of drug-likeness (QED) is 0.770. The first kappa shape index (κ1) is 17.5. The number of benzene rings is 1. The Labute approximate surface area is 128 Å². The first-order valence-electron chi connectivity index (χ1n) is 6.75. The van der Waals surface area contributed by atoms with Gasteiger partial charge >= 0.3 is 5.97 Å². The average molecular weight is 308 g/mol. The van der Waals surface area contributed by atoms with Crippen LogP contribution in [0, 0.1) is 0 Å². The molecule has 120 valence electrons. The Morgan fingerprint density at radius 2 is 1.86 bits per heavy atom. The van der Waals surface area contributed by atoms with Gasteiger partial charge in [-0.25, -0.2) is 4.79 Å². The summed E-state index contributed by atoms with van der Waals surface area (Å²) in [7, 11) is 1.65. The van der Waals surface area contributed by atoms with Crippen molar-refractivity contribution in [3.63, 3.8) is 0 Å². The van der Waals surface area contributed by atoms with Crippen molar-refractivity contribution < 1.29 is 24.2 Å². The lowest BCUT2D eigenvalue weighted by Crippen LogP contribution is -2.44. The summed E-state index contributed by atoms with van der Waals surface area (Å²) in [5, 5.41) is 11.1. The van der Waals surface area contributed by atoms with E-state index in [1.165, 1.54) is 11.8 Å². The Morgan fingerprint density at radius 1 is 1.27 bits per heavy atom. The van der Waals surface area contributed by atoms with Crippen LogP contribution in [0.2, 0.25) is 0 Å². The van der Waals surface area contributed by atoms with E-state index >= 15 is 0 Å². The van der Waals surface area contributed by atoms with Crippen LogP contribution in [0.3, 0.4) is 0 Å². The summed E-state index contributed by atoms with van der Waals surface area (Å²) in [5.74, 6) is -1.04. The predicted molar refractivity (Wildman–Crippen MR) is 79.3 cm³/mol. The normalized spacial score (nSPS) is 11.4. The topological polar surface area (TPSA) is 95.9 Å². The predicted octanol–water partition coefficient (Wildman–Crippen LogP) is 0.633. The SMILES string of the molecule is CC(=O)NC(C)C(=O)N(C)Cc1ccc(OCC(=O)O)cc1. The number of hydrogen-bond donors (Lipinski definition) is 2. The molecule has 0 saturated heterocycles. The van der Waals surface area contributed by atoms with E-state index in [4.69, 9.17) is 9.84 Å². The van der Waals surface area contributed by atoms with Crippen LogP contribution in [0.1, 0.15) is 19.4 Å². The second kappa shape index (κ2) is 8.02. The summed E-state index contributed by atoms with van der Waals surface area (Å²) in [6.07, 6.45) is 0. The molecule has 1 rings (SSSR count). The minimum atomic E-state index is -1.04. The molecule has 0 saturated carbocycles. The number of rotatable bonds is 7. The van der Waals surface area contributed by atoms with Gasteiger partial charge in [0, 0.05) is 20.5 Å². The van der Waals surface area contributed by atoms with Gasteiger partial charge in [0.2, 0.25) is 11.8 Å². The van der Waals surface area contributed by atoms with E-state index in [9.17, 15) is 14.4 Å². The Morgan fingerprint density at radius 3 is 2.36 bits per heavy atom. The minimum Gasteiger partial charge on any atom is -0.482 e. The van der Waals surface area contributed by atoms with Crippen molar-refractivity contribution >= 4 is 17.8 Å². The standard InChI is InChI=1S/C15H20N2O5/c1-10(16-11(2)18)15(21)17(3)8-12-4-6-13(7-5-12)22-9-14(19)20/h4-7,10H,8-9H2,1-3H3,(H,16,18)(H,19,20). The molecule has 0 aliphatic carbocycles. The fourth-order valence-electron chi connectivity index (χ4n) is 1.89. The highest BCUT2D eigenvalue weighted by Gasteiger charge is 2.18. The molecule has 0 aliphatic heterocycles. The molecular formula is C15H20N2O5. The van der Waals surface area contributed by atoms with Crippen molar-refractivity contribution in [3.05, 3.63) is 29.8 Å². The fourth-order valence-corrected chi connectivity index (χ4v) is 1.89. The molecule has 0 radical (unpaired) electrons. The molecule has 0 heterocycles. The molecule has 1 atom stereocenters. The molecule has 0 aliphatic rings. The van der Waals surface area contributed by atoms with Crippen LogP contribution in [-0.4, -0.2) is 47.5 Å². The van der Waals surface area contributed by atoms with Gasteiger partial charge in [-0.3, -0.25) is 9.59 Å². The summed E-state index contributed by atoms with van der Waals surface area (Å²) in [6.45, 7) is 2.97. The molecule has 0 spiro atoms. The Bertz CT molecular complexity index is 541. The van der Waals surface area contributed by atoms with E-state index in [1.54, 1.807) is 38.2 Å². The number of carbonyl (C=O) groups excluding carboxylic acids is 2. The summed E-state index contributed by atoms with van der Waals surface area (Å²) in [4.78, 5) is 34.9. The smallest absolute Gasteiger partial charge is 0.341 e. The lowest BCUT2D eigenvalue weighted by atomic mass is 10.2. The van der Waals surface area contributed by atoms with Gasteiger partial charge in [0.25, 0.3) is 0 Å². The van der Waals surface area contributed by atoms with E-state index in [-0.39, 0.29) is 11.8 Å². The zero-order valence-electron chi connectivity index (χ0n) is 12.8. The van der Waals surface area contributed by atoms with Crippen molar-refractivity contribution in [2.45, 2.75) is 26.4 Å². The Balaban J connectivity index is 2.57. The molecule has 1 aromatic carbocycles. The maximum atomic E-state index is 12.0. The highest BCUT2D eigenvalue weighted by Crippen LogP contribution is 2.13. The van der Waals surface area contributed by atoms with Crippen molar-refractivity contribution in [2.75, 3.05) is 13.7 Å². The minimum absolute atomic E-state index is 0.193. The lowest BCUT2D eigenvalue weighted by Gasteiger charge is -2.22. The number of ether oxygens (including phenoxy) is 1. The summed E-state index contributed by atoms with van der Waals surface area (Å²) in [6, 6.07) is 6.22. The number of nitrogens with zero attached hydrogens (tertiary/aromatic N) is 1. The number of carbonyl (C=O) groups is 3. The number of carboxylic acid groups (broad SMARTS) is 1. The Kier molecular flexibility index (Phi) is 6.37. The van der Waals surface area contributed by atoms with Crippen LogP contribution in [0.4, 0.5) is 0 Å². The van der Waals surface area contributed by atoms with Crippen molar-refractivity contribution in [1.29, 1.82) is 0 Å². The molecule has 0 bridgehead atoms. The number of carboxylic acids is 1. The van der Waals surface area contributed by atoms with Gasteiger partial charge in [0.1, 0.15) is 11.8 Å². The molecule has 7 nitrogen and oxygen atoms in total. The van der Waals surface area contributed by atoms with Crippen LogP contribution in [-0.2, 0) is 20.9 Å². The van der Waals surface area contributed by atoms with Gasteiger partial charge in [0.05, 0.1) is 0 Å². The number of likely N-dealkylation sites (N-methyl/N-ethyl adjacent to an activating group) is 1. The summed E-state index contributed by atoms with van der Waals surface area (Å²) >= 11 is 0.